The van der Waals surface area contributed by atoms with Crippen LogP contribution in [0.4, 0.5) is 0 Å². The van der Waals surface area contributed by atoms with Gasteiger partial charge in [-0.2, -0.15) is 0 Å². The highest BCUT2D eigenvalue weighted by molar-refractivity contribution is 7.89. The van der Waals surface area contributed by atoms with Crippen molar-refractivity contribution in [3.63, 3.8) is 0 Å². The lowest BCUT2D eigenvalue weighted by atomic mass is 9.90. The maximum absolute atomic E-state index is 12.5. The molecule has 0 saturated heterocycles. The molecule has 0 aliphatic heterocycles. The molecule has 1 aliphatic carbocycles. The van der Waals surface area contributed by atoms with Crippen LogP contribution in [-0.4, -0.2) is 27.5 Å². The van der Waals surface area contributed by atoms with E-state index >= 15 is 0 Å². The van der Waals surface area contributed by atoms with Gasteiger partial charge in [0.2, 0.25) is 10.0 Å². The van der Waals surface area contributed by atoms with E-state index in [1.807, 2.05) is 19.2 Å². The number of rotatable bonds is 7. The van der Waals surface area contributed by atoms with Crippen LogP contribution in [-0.2, 0) is 10.0 Å². The van der Waals surface area contributed by atoms with Crippen molar-refractivity contribution >= 4 is 10.0 Å². The number of nitrogens with one attached hydrogen (secondary N) is 2. The fourth-order valence-corrected chi connectivity index (χ4v) is 4.15. The summed E-state index contributed by atoms with van der Waals surface area (Å²) in [4.78, 5) is 0.431. The Bertz CT molecular complexity index is 553. The third kappa shape index (κ3) is 3.40. The average Bonchev–Trinajstić information content (AvgIpc) is 3.23. The summed E-state index contributed by atoms with van der Waals surface area (Å²) in [5.41, 5.74) is 0.907. The summed E-state index contributed by atoms with van der Waals surface area (Å²) < 4.78 is 27.8. The smallest absolute Gasteiger partial charge is 0.241 e. The van der Waals surface area contributed by atoms with Crippen LogP contribution in [0.25, 0.3) is 0 Å². The molecular formula is C15H24N2O2S. The summed E-state index contributed by atoms with van der Waals surface area (Å²) >= 11 is 0. The largest absolute Gasteiger partial charge is 0.317 e. The number of hydrogen-bond donors (Lipinski definition) is 2. The van der Waals surface area contributed by atoms with Crippen LogP contribution in [0.1, 0.15) is 44.6 Å². The van der Waals surface area contributed by atoms with E-state index in [0.717, 1.165) is 24.8 Å². The van der Waals surface area contributed by atoms with Crippen molar-refractivity contribution in [1.82, 2.24) is 10.0 Å². The normalized spacial score (nSPS) is 18.8. The minimum absolute atomic E-state index is 0.134. The third-order valence-corrected chi connectivity index (χ3v) is 5.60. The second-order valence-electron chi connectivity index (χ2n) is 5.53. The van der Waals surface area contributed by atoms with Gasteiger partial charge in [0.05, 0.1) is 4.90 Å². The molecule has 20 heavy (non-hydrogen) atoms. The summed E-state index contributed by atoms with van der Waals surface area (Å²) in [6.45, 7) is 4.18. The zero-order chi connectivity index (χ0) is 14.8. The molecule has 2 atom stereocenters. The minimum Gasteiger partial charge on any atom is -0.317 e. The minimum atomic E-state index is -3.40. The fraction of sp³-hybridized carbons (Fsp3) is 0.600. The second kappa shape index (κ2) is 6.24. The Balaban J connectivity index is 2.38. The quantitative estimate of drug-likeness (QED) is 0.811. The highest BCUT2D eigenvalue weighted by atomic mass is 32.2. The molecule has 2 unspecified atom stereocenters. The third-order valence-electron chi connectivity index (χ3n) is 4.01. The zero-order valence-corrected chi connectivity index (χ0v) is 13.2. The Labute approximate surface area is 122 Å². The lowest BCUT2D eigenvalue weighted by molar-refractivity contribution is 0.476. The van der Waals surface area contributed by atoms with Gasteiger partial charge in [0, 0.05) is 18.0 Å². The van der Waals surface area contributed by atoms with Gasteiger partial charge in [0.25, 0.3) is 0 Å². The number of hydrogen-bond acceptors (Lipinski definition) is 3. The second-order valence-corrected chi connectivity index (χ2v) is 7.21. The van der Waals surface area contributed by atoms with Gasteiger partial charge in [-0.1, -0.05) is 25.1 Å². The van der Waals surface area contributed by atoms with Crippen LogP contribution in [0.15, 0.2) is 29.2 Å². The Morgan fingerprint density at radius 2 is 1.95 bits per heavy atom. The highest BCUT2D eigenvalue weighted by Gasteiger charge is 2.31. The number of sulfonamides is 1. The Morgan fingerprint density at radius 1 is 1.30 bits per heavy atom. The molecule has 1 aromatic carbocycles. The van der Waals surface area contributed by atoms with Crippen molar-refractivity contribution in [2.45, 2.75) is 56.0 Å². The molecule has 0 bridgehead atoms. The molecule has 112 valence electrons. The molecule has 1 saturated carbocycles. The van der Waals surface area contributed by atoms with Gasteiger partial charge in [-0.25, -0.2) is 13.1 Å². The monoisotopic (exact) mass is 296 g/mol. The van der Waals surface area contributed by atoms with Crippen LogP contribution in [0.2, 0.25) is 0 Å². The Kier molecular flexibility index (Phi) is 4.83. The molecular weight excluding hydrogens is 272 g/mol. The molecule has 0 spiro atoms. The first-order valence-corrected chi connectivity index (χ1v) is 8.76. The van der Waals surface area contributed by atoms with Crippen molar-refractivity contribution < 1.29 is 8.42 Å². The van der Waals surface area contributed by atoms with Crippen LogP contribution < -0.4 is 10.0 Å². The molecule has 0 radical (unpaired) electrons. The van der Waals surface area contributed by atoms with E-state index in [1.165, 1.54) is 0 Å². The van der Waals surface area contributed by atoms with Crippen molar-refractivity contribution in [3.8, 4) is 0 Å². The van der Waals surface area contributed by atoms with E-state index in [-0.39, 0.29) is 18.0 Å². The first kappa shape index (κ1) is 15.5. The molecule has 2 rings (SSSR count). The maximum atomic E-state index is 12.5. The van der Waals surface area contributed by atoms with Gasteiger partial charge in [-0.3, -0.25) is 0 Å². The van der Waals surface area contributed by atoms with Gasteiger partial charge in [-0.15, -0.1) is 0 Å². The lowest BCUT2D eigenvalue weighted by Crippen LogP contribution is -2.31. The maximum Gasteiger partial charge on any atom is 0.241 e. The molecule has 4 nitrogen and oxygen atoms in total. The molecule has 5 heteroatoms. The predicted octanol–water partition coefficient (Wildman–Crippen LogP) is 2.23. The summed E-state index contributed by atoms with van der Waals surface area (Å²) in [6, 6.07) is 7.72. The average molecular weight is 296 g/mol. The molecule has 1 aliphatic rings. The number of benzene rings is 1. The van der Waals surface area contributed by atoms with Crippen LogP contribution in [0.3, 0.4) is 0 Å². The van der Waals surface area contributed by atoms with E-state index in [9.17, 15) is 8.42 Å². The fourth-order valence-electron chi connectivity index (χ4n) is 2.56. The molecule has 0 amide bonds. The van der Waals surface area contributed by atoms with Crippen molar-refractivity contribution in [2.75, 3.05) is 7.05 Å². The van der Waals surface area contributed by atoms with Crippen molar-refractivity contribution in [1.29, 1.82) is 0 Å². The predicted molar refractivity (Wildman–Crippen MR) is 81.3 cm³/mol. The first-order valence-electron chi connectivity index (χ1n) is 7.28. The van der Waals surface area contributed by atoms with E-state index in [0.29, 0.717) is 4.90 Å². The van der Waals surface area contributed by atoms with Crippen molar-refractivity contribution in [2.24, 2.45) is 0 Å². The molecule has 0 heterocycles. The summed E-state index contributed by atoms with van der Waals surface area (Å²) in [5, 5.41) is 3.23. The van der Waals surface area contributed by atoms with Gasteiger partial charge in [0.1, 0.15) is 0 Å². The summed E-state index contributed by atoms with van der Waals surface area (Å²) in [6.07, 6.45) is 2.80. The highest BCUT2D eigenvalue weighted by Crippen LogP contribution is 2.30. The van der Waals surface area contributed by atoms with Gasteiger partial charge < -0.3 is 5.32 Å². The zero-order valence-electron chi connectivity index (χ0n) is 12.4. The first-order chi connectivity index (χ1) is 9.49. The molecule has 1 fully saturated rings. The molecule has 0 aromatic heterocycles. The molecule has 2 N–H and O–H groups in total. The van der Waals surface area contributed by atoms with E-state index in [1.54, 1.807) is 12.1 Å². The van der Waals surface area contributed by atoms with Gasteiger partial charge >= 0.3 is 0 Å². The molecule has 1 aromatic rings. The van der Waals surface area contributed by atoms with E-state index in [2.05, 4.69) is 23.9 Å². The number of likely N-dealkylation sites (N-methyl/N-ethyl adjacent to an activating group) is 1. The standard InChI is InChI=1S/C15H24N2O2S/c1-4-13(11(2)16-3)14-7-5-6-8-15(14)20(18,19)17-12-9-10-12/h5-8,11-13,16-17H,4,9-10H2,1-3H3. The SMILES string of the molecule is CCC(c1ccccc1S(=O)(=O)NC1CC1)C(C)NC. The van der Waals surface area contributed by atoms with Crippen molar-refractivity contribution in [3.05, 3.63) is 29.8 Å². The lowest BCUT2D eigenvalue weighted by Gasteiger charge is -2.25. The van der Waals surface area contributed by atoms with Crippen LogP contribution in [0.5, 0.6) is 0 Å². The summed E-state index contributed by atoms with van der Waals surface area (Å²) in [7, 11) is -1.49. The van der Waals surface area contributed by atoms with Crippen LogP contribution >= 0.6 is 0 Å². The van der Waals surface area contributed by atoms with E-state index in [4.69, 9.17) is 0 Å². The van der Waals surface area contributed by atoms with E-state index < -0.39 is 10.0 Å². The summed E-state index contributed by atoms with van der Waals surface area (Å²) in [5.74, 6) is 0.187. The van der Waals surface area contributed by atoms with Crippen LogP contribution in [0, 0.1) is 0 Å². The van der Waals surface area contributed by atoms with Gasteiger partial charge in [0.15, 0.2) is 0 Å². The Hall–Kier alpha value is -0.910. The topological polar surface area (TPSA) is 58.2 Å². The van der Waals surface area contributed by atoms with Gasteiger partial charge in [-0.05, 0) is 44.9 Å². The Morgan fingerprint density at radius 3 is 2.50 bits per heavy atom.